The van der Waals surface area contributed by atoms with Crippen LogP contribution in [-0.2, 0) is 0 Å². The molecular formula is C46H64B2N6O2. The Morgan fingerprint density at radius 2 is 0.696 bits per heavy atom. The van der Waals surface area contributed by atoms with E-state index in [0.29, 0.717) is 23.7 Å². The molecule has 4 aromatic rings. The van der Waals surface area contributed by atoms with Crippen LogP contribution in [0, 0.1) is 10.8 Å². The lowest BCUT2D eigenvalue weighted by molar-refractivity contribution is 0.561. The molecule has 4 aromatic carbocycles. The minimum atomic E-state index is -0.881. The first-order chi connectivity index (χ1) is 26.2. The zero-order valence-corrected chi connectivity index (χ0v) is 36.3. The maximum absolute atomic E-state index is 11.4. The van der Waals surface area contributed by atoms with E-state index in [4.69, 9.17) is 10.2 Å². The van der Waals surface area contributed by atoms with E-state index in [1.807, 2.05) is 70.3 Å². The Balaban J connectivity index is 0.000000214. The van der Waals surface area contributed by atoms with Gasteiger partial charge >= 0.3 is 14.4 Å². The summed E-state index contributed by atoms with van der Waals surface area (Å²) in [6.45, 7) is 30.5. The highest BCUT2D eigenvalue weighted by Gasteiger charge is 2.48. The molecule has 0 atom stereocenters. The summed E-state index contributed by atoms with van der Waals surface area (Å²) in [4.78, 5) is 7.53. The number of anilines is 4. The fourth-order valence-corrected chi connectivity index (χ4v) is 7.43. The van der Waals surface area contributed by atoms with Crippen LogP contribution in [0.4, 0.5) is 22.7 Å². The Morgan fingerprint density at radius 3 is 0.929 bits per heavy atom. The van der Waals surface area contributed by atoms with E-state index >= 15 is 0 Å². The van der Waals surface area contributed by atoms with Gasteiger partial charge in [0.2, 0.25) is 0 Å². The van der Waals surface area contributed by atoms with Crippen molar-refractivity contribution in [2.24, 2.45) is 21.0 Å². The van der Waals surface area contributed by atoms with Crippen molar-refractivity contribution in [3.05, 3.63) is 119 Å². The van der Waals surface area contributed by atoms with Gasteiger partial charge in [-0.25, -0.2) is 0 Å². The van der Waals surface area contributed by atoms with Gasteiger partial charge in [0.15, 0.2) is 0 Å². The second-order valence-electron chi connectivity index (χ2n) is 18.3. The summed E-state index contributed by atoms with van der Waals surface area (Å²) in [6, 6.07) is 32.7. The number of hydrogen-bond donors (Lipinski definition) is 2. The van der Waals surface area contributed by atoms with E-state index in [1.54, 1.807) is 9.84 Å². The first kappa shape index (κ1) is 42.6. The molecule has 0 amide bonds. The average molecular weight is 755 g/mol. The van der Waals surface area contributed by atoms with Crippen molar-refractivity contribution in [2.75, 3.05) is 19.5 Å². The molecule has 0 aromatic heterocycles. The first-order valence-corrected chi connectivity index (χ1v) is 20.3. The summed E-state index contributed by atoms with van der Waals surface area (Å²) in [5.74, 6) is 3.11. The van der Waals surface area contributed by atoms with Gasteiger partial charge in [0.05, 0.1) is 0 Å². The van der Waals surface area contributed by atoms with Gasteiger partial charge in [-0.05, 0) is 70.2 Å². The lowest BCUT2D eigenvalue weighted by Gasteiger charge is -2.34. The molecule has 6 rings (SSSR count). The molecule has 0 unspecified atom stereocenters. The Labute approximate surface area is 338 Å². The molecule has 0 fully saturated rings. The molecular weight excluding hydrogens is 690 g/mol. The quantitative estimate of drug-likeness (QED) is 0.174. The summed E-state index contributed by atoms with van der Waals surface area (Å²) >= 11 is 0. The highest BCUT2D eigenvalue weighted by atomic mass is 16.2. The Morgan fingerprint density at radius 1 is 0.429 bits per heavy atom. The SMILES string of the molecule is CC(C)c1cccc(C(C)C)c1N1B(O)N(c2ccccc2)N=C1C(C)(C)C.CC(C)c1cccc(C(C)C)c1N1B(O)N(c2ccccc2)N=C1C(C)(C)C. The monoisotopic (exact) mass is 755 g/mol. The summed E-state index contributed by atoms with van der Waals surface area (Å²) < 4.78 is 0. The normalized spacial score (nSPS) is 15.1. The van der Waals surface area contributed by atoms with Gasteiger partial charge in [0, 0.05) is 33.6 Å². The van der Waals surface area contributed by atoms with E-state index in [2.05, 4.69) is 133 Å². The standard InChI is InChI=1S/2C23H32BN3O/c2*1-16(2)19-14-11-15-20(17(3)4)21(19)26-22(23(5,6)7)25-27(24(26)28)18-12-9-8-10-13-18/h2*8-17,28H,1-7H3. The summed E-state index contributed by atoms with van der Waals surface area (Å²) in [5, 5.41) is 32.7. The second-order valence-corrected chi connectivity index (χ2v) is 18.3. The highest BCUT2D eigenvalue weighted by Crippen LogP contribution is 2.43. The molecule has 56 heavy (non-hydrogen) atoms. The van der Waals surface area contributed by atoms with Gasteiger partial charge < -0.3 is 19.7 Å². The number of para-hydroxylation sites is 4. The third kappa shape index (κ3) is 8.72. The smallest absolute Gasteiger partial charge is 0.412 e. The minimum absolute atomic E-state index is 0.219. The molecule has 296 valence electrons. The van der Waals surface area contributed by atoms with Gasteiger partial charge in [-0.2, -0.15) is 10.2 Å². The van der Waals surface area contributed by atoms with Gasteiger partial charge in [-0.15, -0.1) is 0 Å². The van der Waals surface area contributed by atoms with Crippen LogP contribution >= 0.6 is 0 Å². The zero-order valence-electron chi connectivity index (χ0n) is 36.3. The Bertz CT molecular complexity index is 1800. The van der Waals surface area contributed by atoms with Crippen molar-refractivity contribution in [2.45, 2.75) is 121 Å². The number of hydrazone groups is 2. The second kappa shape index (κ2) is 16.9. The number of nitrogens with zero attached hydrogens (tertiary/aromatic N) is 6. The number of benzene rings is 4. The van der Waals surface area contributed by atoms with Crippen molar-refractivity contribution in [3.63, 3.8) is 0 Å². The average Bonchev–Trinajstić information content (AvgIpc) is 3.68. The van der Waals surface area contributed by atoms with E-state index < -0.39 is 14.4 Å². The number of hydrogen-bond acceptors (Lipinski definition) is 8. The first-order valence-electron chi connectivity index (χ1n) is 20.3. The van der Waals surface area contributed by atoms with E-state index in [-0.39, 0.29) is 10.8 Å². The summed E-state index contributed by atoms with van der Waals surface area (Å²) in [7, 11) is -1.76. The van der Waals surface area contributed by atoms with Crippen LogP contribution in [0.1, 0.15) is 143 Å². The molecule has 2 heterocycles. The molecule has 0 saturated carbocycles. The van der Waals surface area contributed by atoms with Crippen LogP contribution in [0.3, 0.4) is 0 Å². The molecule has 0 spiro atoms. The van der Waals surface area contributed by atoms with Crippen LogP contribution in [0.5, 0.6) is 0 Å². The van der Waals surface area contributed by atoms with Crippen LogP contribution in [0.15, 0.2) is 107 Å². The fraction of sp³-hybridized carbons (Fsp3) is 0.435. The molecule has 2 aliphatic rings. The highest BCUT2D eigenvalue weighted by molar-refractivity contribution is 6.68. The molecule has 2 aliphatic heterocycles. The lowest BCUT2D eigenvalue weighted by atomic mass is 9.83. The Kier molecular flexibility index (Phi) is 12.9. The number of rotatable bonds is 8. The van der Waals surface area contributed by atoms with Crippen molar-refractivity contribution >= 4 is 48.8 Å². The van der Waals surface area contributed by atoms with E-state index in [0.717, 1.165) is 34.4 Å². The van der Waals surface area contributed by atoms with Crippen LogP contribution in [0.25, 0.3) is 0 Å². The molecule has 10 heteroatoms. The van der Waals surface area contributed by atoms with E-state index in [9.17, 15) is 10.0 Å². The van der Waals surface area contributed by atoms with Crippen molar-refractivity contribution in [1.29, 1.82) is 0 Å². The molecule has 8 nitrogen and oxygen atoms in total. The summed E-state index contributed by atoms with van der Waals surface area (Å²) in [6.07, 6.45) is 0. The third-order valence-electron chi connectivity index (χ3n) is 10.3. The Hall–Kier alpha value is -4.53. The lowest BCUT2D eigenvalue weighted by Crippen LogP contribution is -2.50. The molecule has 0 aliphatic carbocycles. The molecule has 0 radical (unpaired) electrons. The number of amidine groups is 2. The van der Waals surface area contributed by atoms with Crippen LogP contribution in [-0.4, -0.2) is 36.1 Å². The molecule has 0 saturated heterocycles. The summed E-state index contributed by atoms with van der Waals surface area (Å²) in [5.41, 5.74) is 8.44. The fourth-order valence-electron chi connectivity index (χ4n) is 7.43. The van der Waals surface area contributed by atoms with Gasteiger partial charge in [-0.3, -0.25) is 9.84 Å². The van der Waals surface area contributed by atoms with Gasteiger partial charge in [0.1, 0.15) is 11.7 Å². The molecule has 2 N–H and O–H groups in total. The predicted molar refractivity (Wildman–Crippen MR) is 242 cm³/mol. The third-order valence-corrected chi connectivity index (χ3v) is 10.3. The van der Waals surface area contributed by atoms with Gasteiger partial charge in [0.25, 0.3) is 0 Å². The van der Waals surface area contributed by atoms with Crippen molar-refractivity contribution < 1.29 is 10.0 Å². The largest absolute Gasteiger partial charge is 0.573 e. The topological polar surface area (TPSA) is 78.1 Å². The predicted octanol–water partition coefficient (Wildman–Crippen LogP) is 11.2. The van der Waals surface area contributed by atoms with Crippen LogP contribution in [0.2, 0.25) is 0 Å². The maximum atomic E-state index is 11.4. The minimum Gasteiger partial charge on any atom is -0.412 e. The zero-order chi connectivity index (χ0) is 41.3. The van der Waals surface area contributed by atoms with E-state index in [1.165, 1.54) is 22.3 Å². The molecule has 0 bridgehead atoms. The maximum Gasteiger partial charge on any atom is 0.573 e. The van der Waals surface area contributed by atoms with Crippen molar-refractivity contribution in [1.82, 2.24) is 0 Å². The van der Waals surface area contributed by atoms with Crippen LogP contribution < -0.4 is 19.5 Å². The van der Waals surface area contributed by atoms with Crippen molar-refractivity contribution in [3.8, 4) is 0 Å². The van der Waals surface area contributed by atoms with Gasteiger partial charge in [-0.1, -0.05) is 170 Å².